The van der Waals surface area contributed by atoms with Gasteiger partial charge in [-0.15, -0.1) is 10.2 Å². The predicted molar refractivity (Wildman–Crippen MR) is 56.0 cm³/mol. The highest BCUT2D eigenvalue weighted by molar-refractivity contribution is 7.13. The molecule has 0 radical (unpaired) electrons. The monoisotopic (exact) mass is 214 g/mol. The molecule has 0 aliphatic carbocycles. The topological polar surface area (TPSA) is 80.9 Å². The average Bonchev–Trinajstić information content (AvgIpc) is 2.56. The van der Waals surface area contributed by atoms with E-state index in [-0.39, 0.29) is 11.9 Å². The fourth-order valence-corrected chi connectivity index (χ4v) is 1.57. The van der Waals surface area contributed by atoms with Gasteiger partial charge in [0, 0.05) is 12.5 Å². The number of rotatable bonds is 5. The number of nitrogens with zero attached hydrogens (tertiary/aromatic N) is 2. The van der Waals surface area contributed by atoms with E-state index in [4.69, 9.17) is 5.73 Å². The van der Waals surface area contributed by atoms with Crippen molar-refractivity contribution in [2.45, 2.75) is 32.2 Å². The van der Waals surface area contributed by atoms with Gasteiger partial charge in [-0.1, -0.05) is 24.7 Å². The van der Waals surface area contributed by atoms with Gasteiger partial charge >= 0.3 is 0 Å². The van der Waals surface area contributed by atoms with Gasteiger partial charge in [0.1, 0.15) is 5.51 Å². The minimum atomic E-state index is -0.0947. The van der Waals surface area contributed by atoms with Crippen molar-refractivity contribution in [3.8, 4) is 0 Å². The van der Waals surface area contributed by atoms with Gasteiger partial charge in [0.15, 0.2) is 0 Å². The molecule has 0 aliphatic rings. The molecule has 78 valence electrons. The highest BCUT2D eigenvalue weighted by Crippen LogP contribution is 2.09. The molecule has 0 fully saturated rings. The van der Waals surface area contributed by atoms with E-state index < -0.39 is 0 Å². The third-order valence-corrected chi connectivity index (χ3v) is 2.32. The third-order valence-electron chi connectivity index (χ3n) is 1.71. The van der Waals surface area contributed by atoms with Crippen molar-refractivity contribution >= 4 is 22.4 Å². The van der Waals surface area contributed by atoms with Gasteiger partial charge in [-0.2, -0.15) is 0 Å². The molecule has 3 N–H and O–H groups in total. The molecule has 0 saturated heterocycles. The maximum Gasteiger partial charge on any atom is 0.227 e. The van der Waals surface area contributed by atoms with Crippen molar-refractivity contribution in [2.75, 3.05) is 5.32 Å². The van der Waals surface area contributed by atoms with Crippen molar-refractivity contribution in [3.05, 3.63) is 5.51 Å². The van der Waals surface area contributed by atoms with Gasteiger partial charge in [0.2, 0.25) is 11.0 Å². The molecule has 14 heavy (non-hydrogen) atoms. The summed E-state index contributed by atoms with van der Waals surface area (Å²) in [7, 11) is 0. The lowest BCUT2D eigenvalue weighted by Gasteiger charge is -2.08. The minimum absolute atomic E-state index is 0.0621. The van der Waals surface area contributed by atoms with E-state index in [1.165, 1.54) is 11.3 Å². The zero-order valence-corrected chi connectivity index (χ0v) is 8.88. The Hall–Kier alpha value is -1.01. The molecule has 0 aromatic carbocycles. The zero-order valence-electron chi connectivity index (χ0n) is 8.06. The first-order chi connectivity index (χ1) is 6.72. The van der Waals surface area contributed by atoms with Crippen LogP contribution >= 0.6 is 11.3 Å². The number of aromatic nitrogens is 2. The van der Waals surface area contributed by atoms with E-state index in [9.17, 15) is 4.79 Å². The molecule has 1 amide bonds. The van der Waals surface area contributed by atoms with E-state index in [1.54, 1.807) is 5.51 Å². The Morgan fingerprint density at radius 1 is 1.79 bits per heavy atom. The van der Waals surface area contributed by atoms with Gasteiger partial charge in [-0.3, -0.25) is 4.79 Å². The van der Waals surface area contributed by atoms with Crippen LogP contribution in [0.4, 0.5) is 5.13 Å². The molecular weight excluding hydrogens is 200 g/mol. The number of hydrogen-bond acceptors (Lipinski definition) is 5. The van der Waals surface area contributed by atoms with Crippen molar-refractivity contribution in [1.82, 2.24) is 10.2 Å². The van der Waals surface area contributed by atoms with Crippen LogP contribution in [0.1, 0.15) is 26.2 Å². The molecule has 1 heterocycles. The number of amides is 1. The van der Waals surface area contributed by atoms with E-state index in [2.05, 4.69) is 15.5 Å². The summed E-state index contributed by atoms with van der Waals surface area (Å²) in [5.74, 6) is -0.0947. The number of nitrogens with one attached hydrogen (secondary N) is 1. The summed E-state index contributed by atoms with van der Waals surface area (Å²) < 4.78 is 0. The summed E-state index contributed by atoms with van der Waals surface area (Å²) >= 11 is 1.30. The largest absolute Gasteiger partial charge is 0.327 e. The van der Waals surface area contributed by atoms with Crippen molar-refractivity contribution in [2.24, 2.45) is 5.73 Å². The molecule has 1 rings (SSSR count). The Morgan fingerprint density at radius 3 is 3.14 bits per heavy atom. The second kappa shape index (κ2) is 5.66. The minimum Gasteiger partial charge on any atom is -0.327 e. The summed E-state index contributed by atoms with van der Waals surface area (Å²) in [6.45, 7) is 2.04. The highest BCUT2D eigenvalue weighted by atomic mass is 32.1. The molecule has 0 spiro atoms. The standard InChI is InChI=1S/C8H14N4OS/c1-2-3-6(9)4-7(13)11-8-12-10-5-14-8/h5-6H,2-4,9H2,1H3,(H,11,12,13). The first kappa shape index (κ1) is 11.1. The Kier molecular flexibility index (Phi) is 4.48. The van der Waals surface area contributed by atoms with Crippen LogP contribution in [0.2, 0.25) is 0 Å². The second-order valence-electron chi connectivity index (χ2n) is 3.04. The quantitative estimate of drug-likeness (QED) is 0.766. The number of hydrogen-bond donors (Lipinski definition) is 2. The summed E-state index contributed by atoms with van der Waals surface area (Å²) in [4.78, 5) is 11.3. The summed E-state index contributed by atoms with van der Waals surface area (Å²) in [6, 6.07) is -0.0621. The van der Waals surface area contributed by atoms with Gasteiger partial charge < -0.3 is 11.1 Å². The molecule has 0 aliphatic heterocycles. The zero-order chi connectivity index (χ0) is 10.4. The Morgan fingerprint density at radius 2 is 2.57 bits per heavy atom. The first-order valence-electron chi connectivity index (χ1n) is 4.54. The van der Waals surface area contributed by atoms with Crippen molar-refractivity contribution in [1.29, 1.82) is 0 Å². The van der Waals surface area contributed by atoms with Crippen molar-refractivity contribution in [3.63, 3.8) is 0 Å². The number of anilines is 1. The molecule has 1 aromatic rings. The Balaban J connectivity index is 2.29. The normalized spacial score (nSPS) is 12.4. The molecule has 1 aromatic heterocycles. The predicted octanol–water partition coefficient (Wildman–Crippen LogP) is 0.994. The lowest BCUT2D eigenvalue weighted by Crippen LogP contribution is -2.26. The number of carbonyl (C=O) groups is 1. The second-order valence-corrected chi connectivity index (χ2v) is 3.88. The van der Waals surface area contributed by atoms with E-state index in [0.29, 0.717) is 11.6 Å². The Bertz CT molecular complexity index is 275. The molecule has 1 unspecified atom stereocenters. The van der Waals surface area contributed by atoms with Gasteiger partial charge in [-0.05, 0) is 6.42 Å². The molecule has 0 saturated carbocycles. The van der Waals surface area contributed by atoms with Crippen LogP contribution in [0.5, 0.6) is 0 Å². The van der Waals surface area contributed by atoms with Gasteiger partial charge in [-0.25, -0.2) is 0 Å². The number of carbonyl (C=O) groups excluding carboxylic acids is 1. The van der Waals surface area contributed by atoms with E-state index in [0.717, 1.165) is 12.8 Å². The SMILES string of the molecule is CCCC(N)CC(=O)Nc1nncs1. The summed E-state index contributed by atoms with van der Waals surface area (Å²) in [6.07, 6.45) is 2.20. The molecule has 1 atom stereocenters. The van der Waals surface area contributed by atoms with E-state index in [1.807, 2.05) is 6.92 Å². The van der Waals surface area contributed by atoms with Crippen LogP contribution in [0.15, 0.2) is 5.51 Å². The Labute approximate surface area is 86.7 Å². The lowest BCUT2D eigenvalue weighted by atomic mass is 10.1. The van der Waals surface area contributed by atoms with Crippen LogP contribution in [0.25, 0.3) is 0 Å². The number of nitrogens with two attached hydrogens (primary N) is 1. The van der Waals surface area contributed by atoms with Crippen LogP contribution < -0.4 is 11.1 Å². The van der Waals surface area contributed by atoms with Crippen LogP contribution in [0, 0.1) is 0 Å². The van der Waals surface area contributed by atoms with Crippen LogP contribution in [-0.4, -0.2) is 22.1 Å². The molecular formula is C8H14N4OS. The summed E-state index contributed by atoms with van der Waals surface area (Å²) in [5.41, 5.74) is 7.29. The maximum atomic E-state index is 11.3. The van der Waals surface area contributed by atoms with Gasteiger partial charge in [0.05, 0.1) is 0 Å². The highest BCUT2D eigenvalue weighted by Gasteiger charge is 2.09. The smallest absolute Gasteiger partial charge is 0.227 e. The van der Waals surface area contributed by atoms with Gasteiger partial charge in [0.25, 0.3) is 0 Å². The summed E-state index contributed by atoms with van der Waals surface area (Å²) in [5, 5.41) is 10.5. The fourth-order valence-electron chi connectivity index (χ4n) is 1.11. The maximum absolute atomic E-state index is 11.3. The molecule has 0 bridgehead atoms. The molecule has 5 nitrogen and oxygen atoms in total. The van der Waals surface area contributed by atoms with E-state index >= 15 is 0 Å². The molecule has 6 heteroatoms. The van der Waals surface area contributed by atoms with Crippen LogP contribution in [-0.2, 0) is 4.79 Å². The lowest BCUT2D eigenvalue weighted by molar-refractivity contribution is -0.116. The fraction of sp³-hybridized carbons (Fsp3) is 0.625. The average molecular weight is 214 g/mol. The first-order valence-corrected chi connectivity index (χ1v) is 5.42. The van der Waals surface area contributed by atoms with Crippen molar-refractivity contribution < 1.29 is 4.79 Å². The van der Waals surface area contributed by atoms with Crippen LogP contribution in [0.3, 0.4) is 0 Å². The third kappa shape index (κ3) is 3.80.